The summed E-state index contributed by atoms with van der Waals surface area (Å²) >= 11 is 8.70. The summed E-state index contributed by atoms with van der Waals surface area (Å²) < 4.78 is 1.05. The molecular weight excluding hydrogens is 284 g/mol. The second-order valence-corrected chi connectivity index (χ2v) is 5.56. The zero-order valence-corrected chi connectivity index (χ0v) is 11.6. The molecule has 0 saturated heterocycles. The van der Waals surface area contributed by atoms with Crippen molar-refractivity contribution in [2.24, 2.45) is 5.92 Å². The molecule has 1 aliphatic rings. The highest BCUT2D eigenvalue weighted by molar-refractivity contribution is 9.10. The van der Waals surface area contributed by atoms with E-state index in [-0.39, 0.29) is 0 Å². The Bertz CT molecular complexity index is 390. The molecule has 0 aliphatic heterocycles. The number of hydrogen-bond acceptors (Lipinski definition) is 1. The Balaban J connectivity index is 1.86. The van der Waals surface area contributed by atoms with E-state index in [9.17, 15) is 0 Å². The summed E-state index contributed by atoms with van der Waals surface area (Å²) in [6.45, 7) is 2.19. The Labute approximate surface area is 110 Å². The standard InChI is InChI=1S/C12H15BrN2S/c1-8(9-5-6-9)14-12(16)15-11-4-2-3-10(13)7-11/h2-4,7-9H,5-6H2,1H3,(H2,14,15,16)/t8-/m0/s1. The zero-order valence-electron chi connectivity index (χ0n) is 9.16. The van der Waals surface area contributed by atoms with E-state index in [1.807, 2.05) is 24.3 Å². The van der Waals surface area contributed by atoms with Crippen LogP contribution in [-0.2, 0) is 0 Å². The fourth-order valence-electron chi connectivity index (χ4n) is 1.65. The molecule has 0 unspecified atom stereocenters. The third kappa shape index (κ3) is 3.46. The van der Waals surface area contributed by atoms with Gasteiger partial charge in [-0.3, -0.25) is 0 Å². The first-order valence-electron chi connectivity index (χ1n) is 5.48. The van der Waals surface area contributed by atoms with Crippen LogP contribution in [0.5, 0.6) is 0 Å². The molecule has 2 rings (SSSR count). The van der Waals surface area contributed by atoms with Gasteiger partial charge in [0.05, 0.1) is 0 Å². The predicted molar refractivity (Wildman–Crippen MR) is 75.7 cm³/mol. The van der Waals surface area contributed by atoms with Gasteiger partial charge in [0.2, 0.25) is 0 Å². The van der Waals surface area contributed by atoms with Crippen LogP contribution >= 0.6 is 28.1 Å². The van der Waals surface area contributed by atoms with Crippen molar-refractivity contribution in [1.29, 1.82) is 0 Å². The lowest BCUT2D eigenvalue weighted by atomic mass is 10.2. The molecule has 1 aromatic rings. The molecule has 0 aromatic heterocycles. The second-order valence-electron chi connectivity index (χ2n) is 4.23. The molecular formula is C12H15BrN2S. The molecule has 4 heteroatoms. The molecule has 1 fully saturated rings. The fourth-order valence-corrected chi connectivity index (χ4v) is 2.36. The number of halogens is 1. The van der Waals surface area contributed by atoms with Gasteiger partial charge < -0.3 is 10.6 Å². The van der Waals surface area contributed by atoms with E-state index in [1.165, 1.54) is 12.8 Å². The first-order valence-corrected chi connectivity index (χ1v) is 6.68. The van der Waals surface area contributed by atoms with Crippen molar-refractivity contribution in [2.45, 2.75) is 25.8 Å². The first kappa shape index (κ1) is 11.9. The van der Waals surface area contributed by atoms with E-state index in [0.717, 1.165) is 16.1 Å². The molecule has 1 saturated carbocycles. The Morgan fingerprint density at radius 1 is 1.50 bits per heavy atom. The Morgan fingerprint density at radius 3 is 2.88 bits per heavy atom. The zero-order chi connectivity index (χ0) is 11.5. The Kier molecular flexibility index (Phi) is 3.82. The third-order valence-electron chi connectivity index (χ3n) is 2.77. The van der Waals surface area contributed by atoms with Gasteiger partial charge in [-0.05, 0) is 56.1 Å². The van der Waals surface area contributed by atoms with Gasteiger partial charge in [0.25, 0.3) is 0 Å². The van der Waals surface area contributed by atoms with Crippen LogP contribution in [-0.4, -0.2) is 11.2 Å². The molecule has 2 nitrogen and oxygen atoms in total. The molecule has 0 spiro atoms. The molecule has 0 amide bonds. The van der Waals surface area contributed by atoms with Crippen LogP contribution in [0.1, 0.15) is 19.8 Å². The summed E-state index contributed by atoms with van der Waals surface area (Å²) in [5, 5.41) is 7.21. The van der Waals surface area contributed by atoms with Crippen LogP contribution in [0.2, 0.25) is 0 Å². The summed E-state index contributed by atoms with van der Waals surface area (Å²) in [5.41, 5.74) is 1.01. The maximum absolute atomic E-state index is 5.27. The van der Waals surface area contributed by atoms with E-state index < -0.39 is 0 Å². The molecule has 0 heterocycles. The summed E-state index contributed by atoms with van der Waals surface area (Å²) in [4.78, 5) is 0. The largest absolute Gasteiger partial charge is 0.360 e. The van der Waals surface area contributed by atoms with Crippen molar-refractivity contribution >= 4 is 38.9 Å². The average Bonchev–Trinajstić information content (AvgIpc) is 2.99. The lowest BCUT2D eigenvalue weighted by molar-refractivity contribution is 0.590. The number of thiocarbonyl (C=S) groups is 1. The Hall–Kier alpha value is -0.610. The Morgan fingerprint density at radius 2 is 2.25 bits per heavy atom. The van der Waals surface area contributed by atoms with E-state index >= 15 is 0 Å². The minimum atomic E-state index is 0.479. The van der Waals surface area contributed by atoms with Gasteiger partial charge in [-0.2, -0.15) is 0 Å². The number of hydrogen-bond donors (Lipinski definition) is 2. The second kappa shape index (κ2) is 5.15. The van der Waals surface area contributed by atoms with Crippen molar-refractivity contribution in [1.82, 2.24) is 5.32 Å². The maximum Gasteiger partial charge on any atom is 0.170 e. The number of rotatable bonds is 3. The molecule has 16 heavy (non-hydrogen) atoms. The van der Waals surface area contributed by atoms with Gasteiger partial charge in [0, 0.05) is 16.2 Å². The average molecular weight is 299 g/mol. The molecule has 0 bridgehead atoms. The molecule has 1 atom stereocenters. The molecule has 1 aromatic carbocycles. The number of benzene rings is 1. The highest BCUT2D eigenvalue weighted by atomic mass is 79.9. The van der Waals surface area contributed by atoms with Crippen molar-refractivity contribution in [2.75, 3.05) is 5.32 Å². The monoisotopic (exact) mass is 298 g/mol. The van der Waals surface area contributed by atoms with Gasteiger partial charge >= 0.3 is 0 Å². The van der Waals surface area contributed by atoms with Crippen molar-refractivity contribution in [3.63, 3.8) is 0 Å². The smallest absolute Gasteiger partial charge is 0.170 e. The number of nitrogens with one attached hydrogen (secondary N) is 2. The van der Waals surface area contributed by atoms with Gasteiger partial charge in [0.15, 0.2) is 5.11 Å². The van der Waals surface area contributed by atoms with E-state index in [1.54, 1.807) is 0 Å². The van der Waals surface area contributed by atoms with Crippen molar-refractivity contribution in [3.05, 3.63) is 28.7 Å². The molecule has 86 valence electrons. The van der Waals surface area contributed by atoms with E-state index in [0.29, 0.717) is 11.2 Å². The van der Waals surface area contributed by atoms with Crippen molar-refractivity contribution in [3.8, 4) is 0 Å². The molecule has 1 aliphatic carbocycles. The van der Waals surface area contributed by atoms with E-state index in [2.05, 4.69) is 33.5 Å². The summed E-state index contributed by atoms with van der Waals surface area (Å²) in [5.74, 6) is 0.808. The normalized spacial score (nSPS) is 16.6. The van der Waals surface area contributed by atoms with Gasteiger partial charge in [-0.1, -0.05) is 22.0 Å². The summed E-state index contributed by atoms with van der Waals surface area (Å²) in [7, 11) is 0. The van der Waals surface area contributed by atoms with Crippen LogP contribution in [0.3, 0.4) is 0 Å². The lowest BCUT2D eigenvalue weighted by Gasteiger charge is -2.16. The van der Waals surface area contributed by atoms with E-state index in [4.69, 9.17) is 12.2 Å². The lowest BCUT2D eigenvalue weighted by Crippen LogP contribution is -2.37. The highest BCUT2D eigenvalue weighted by Crippen LogP contribution is 2.32. The topological polar surface area (TPSA) is 24.1 Å². The fraction of sp³-hybridized carbons (Fsp3) is 0.417. The third-order valence-corrected chi connectivity index (χ3v) is 3.48. The van der Waals surface area contributed by atoms with Crippen LogP contribution < -0.4 is 10.6 Å². The maximum atomic E-state index is 5.27. The van der Waals surface area contributed by atoms with Crippen molar-refractivity contribution < 1.29 is 0 Å². The summed E-state index contributed by atoms with van der Waals surface area (Å²) in [6, 6.07) is 8.47. The number of anilines is 1. The van der Waals surface area contributed by atoms with Gasteiger partial charge in [-0.15, -0.1) is 0 Å². The quantitative estimate of drug-likeness (QED) is 0.835. The minimum Gasteiger partial charge on any atom is -0.360 e. The highest BCUT2D eigenvalue weighted by Gasteiger charge is 2.28. The minimum absolute atomic E-state index is 0.479. The van der Waals surface area contributed by atoms with Crippen LogP contribution in [0.25, 0.3) is 0 Å². The van der Waals surface area contributed by atoms with Gasteiger partial charge in [0.1, 0.15) is 0 Å². The molecule has 0 radical (unpaired) electrons. The van der Waals surface area contributed by atoms with Crippen LogP contribution in [0.4, 0.5) is 5.69 Å². The SMILES string of the molecule is C[C@H](NC(=S)Nc1cccc(Br)c1)C1CC1. The predicted octanol–water partition coefficient (Wildman–Crippen LogP) is 3.53. The van der Waals surface area contributed by atoms with Crippen LogP contribution in [0, 0.1) is 5.92 Å². The van der Waals surface area contributed by atoms with Crippen LogP contribution in [0.15, 0.2) is 28.7 Å². The molecule has 2 N–H and O–H groups in total. The van der Waals surface area contributed by atoms with Gasteiger partial charge in [-0.25, -0.2) is 0 Å². The first-order chi connectivity index (χ1) is 7.65. The summed E-state index contributed by atoms with van der Waals surface area (Å²) in [6.07, 6.45) is 2.65.